The quantitative estimate of drug-likeness (QED) is 0.585. The molecule has 1 atom stereocenters. The van der Waals surface area contributed by atoms with Crippen LogP contribution in [0.4, 0.5) is 4.79 Å². The molecule has 2 amide bonds. The fourth-order valence-electron chi connectivity index (χ4n) is 2.29. The minimum atomic E-state index is -0.545. The van der Waals surface area contributed by atoms with Crippen LogP contribution in [0.5, 0.6) is 0 Å². The Morgan fingerprint density at radius 1 is 1.26 bits per heavy atom. The standard InChI is InChI=1S/C16H19BrN2O4/c1-3-22-8-9-23-15(20)13-10(2)18-16(21)19-14(13)11-4-6-12(17)7-5-11/h4-7,14H,3,8-9H2,1-2H3,(H2,18,19,21)/t14-/m0/s1. The Morgan fingerprint density at radius 3 is 2.61 bits per heavy atom. The van der Waals surface area contributed by atoms with Gasteiger partial charge in [0.25, 0.3) is 0 Å². The topological polar surface area (TPSA) is 76.7 Å². The van der Waals surface area contributed by atoms with E-state index in [9.17, 15) is 9.59 Å². The first-order valence-electron chi connectivity index (χ1n) is 7.31. The van der Waals surface area contributed by atoms with E-state index in [2.05, 4.69) is 26.6 Å². The number of hydrogen-bond donors (Lipinski definition) is 2. The molecule has 2 N–H and O–H groups in total. The zero-order chi connectivity index (χ0) is 16.8. The number of allylic oxidation sites excluding steroid dienone is 1. The molecule has 7 heteroatoms. The summed E-state index contributed by atoms with van der Waals surface area (Å²) in [4.78, 5) is 24.1. The number of esters is 1. The van der Waals surface area contributed by atoms with Crippen LogP contribution < -0.4 is 10.6 Å². The van der Waals surface area contributed by atoms with Crippen LogP contribution in [0.15, 0.2) is 40.0 Å². The van der Waals surface area contributed by atoms with E-state index in [-0.39, 0.29) is 12.6 Å². The zero-order valence-electron chi connectivity index (χ0n) is 13.0. The van der Waals surface area contributed by atoms with Crippen molar-refractivity contribution >= 4 is 27.9 Å². The molecule has 124 valence electrons. The van der Waals surface area contributed by atoms with Crippen LogP contribution in [0, 0.1) is 0 Å². The van der Waals surface area contributed by atoms with Crippen molar-refractivity contribution in [2.75, 3.05) is 19.8 Å². The molecule has 0 fully saturated rings. The second kappa shape index (κ2) is 8.12. The smallest absolute Gasteiger partial charge is 0.338 e. The van der Waals surface area contributed by atoms with Gasteiger partial charge in [-0.05, 0) is 31.5 Å². The van der Waals surface area contributed by atoms with E-state index in [0.29, 0.717) is 24.5 Å². The van der Waals surface area contributed by atoms with E-state index in [1.54, 1.807) is 6.92 Å². The molecule has 6 nitrogen and oxygen atoms in total. The number of nitrogens with one attached hydrogen (secondary N) is 2. The predicted octanol–water partition coefficient (Wildman–Crippen LogP) is 2.66. The molecule has 1 aromatic rings. The van der Waals surface area contributed by atoms with Crippen molar-refractivity contribution in [3.8, 4) is 0 Å². The Morgan fingerprint density at radius 2 is 1.96 bits per heavy atom. The Hall–Kier alpha value is -1.86. The first-order chi connectivity index (χ1) is 11.0. The van der Waals surface area contributed by atoms with Crippen molar-refractivity contribution in [2.45, 2.75) is 19.9 Å². The highest BCUT2D eigenvalue weighted by Crippen LogP contribution is 2.28. The number of carbonyl (C=O) groups is 2. The van der Waals surface area contributed by atoms with Crippen molar-refractivity contribution in [1.29, 1.82) is 0 Å². The van der Waals surface area contributed by atoms with Gasteiger partial charge in [0.05, 0.1) is 18.2 Å². The van der Waals surface area contributed by atoms with Crippen LogP contribution in [0.3, 0.4) is 0 Å². The Balaban J connectivity index is 2.20. The maximum atomic E-state index is 12.4. The Kier molecular flexibility index (Phi) is 6.18. The first-order valence-corrected chi connectivity index (χ1v) is 8.10. The van der Waals surface area contributed by atoms with Gasteiger partial charge in [0.2, 0.25) is 0 Å². The summed E-state index contributed by atoms with van der Waals surface area (Å²) in [7, 11) is 0. The molecule has 0 saturated heterocycles. The van der Waals surface area contributed by atoms with Gasteiger partial charge in [0.15, 0.2) is 0 Å². The third-order valence-electron chi connectivity index (χ3n) is 3.36. The van der Waals surface area contributed by atoms with Crippen LogP contribution in [-0.4, -0.2) is 31.8 Å². The lowest BCUT2D eigenvalue weighted by Gasteiger charge is -2.28. The average molecular weight is 383 g/mol. The van der Waals surface area contributed by atoms with Gasteiger partial charge in [0, 0.05) is 16.8 Å². The summed E-state index contributed by atoms with van der Waals surface area (Å²) in [6.07, 6.45) is 0. The van der Waals surface area contributed by atoms with Crippen LogP contribution in [0.1, 0.15) is 25.5 Å². The number of rotatable bonds is 6. The van der Waals surface area contributed by atoms with Crippen LogP contribution in [-0.2, 0) is 14.3 Å². The van der Waals surface area contributed by atoms with Gasteiger partial charge >= 0.3 is 12.0 Å². The molecule has 1 aliphatic heterocycles. The minimum absolute atomic E-state index is 0.171. The molecule has 0 spiro atoms. The molecular weight excluding hydrogens is 364 g/mol. The monoisotopic (exact) mass is 382 g/mol. The lowest BCUT2D eigenvalue weighted by Crippen LogP contribution is -2.45. The van der Waals surface area contributed by atoms with Crippen LogP contribution in [0.2, 0.25) is 0 Å². The number of benzene rings is 1. The number of ether oxygens (including phenoxy) is 2. The molecule has 1 aromatic carbocycles. The largest absolute Gasteiger partial charge is 0.460 e. The molecule has 0 aromatic heterocycles. The third kappa shape index (κ3) is 4.56. The fraction of sp³-hybridized carbons (Fsp3) is 0.375. The van der Waals surface area contributed by atoms with Crippen LogP contribution >= 0.6 is 15.9 Å². The maximum absolute atomic E-state index is 12.4. The second-order valence-corrected chi connectivity index (χ2v) is 5.87. The average Bonchev–Trinajstić information content (AvgIpc) is 2.51. The maximum Gasteiger partial charge on any atom is 0.338 e. The number of hydrogen-bond acceptors (Lipinski definition) is 4. The normalized spacial score (nSPS) is 17.5. The van der Waals surface area contributed by atoms with Crippen molar-refractivity contribution < 1.29 is 19.1 Å². The zero-order valence-corrected chi connectivity index (χ0v) is 14.6. The summed E-state index contributed by atoms with van der Waals surface area (Å²) in [5.41, 5.74) is 1.69. The van der Waals surface area contributed by atoms with Crippen molar-refractivity contribution in [3.63, 3.8) is 0 Å². The van der Waals surface area contributed by atoms with Gasteiger partial charge in [-0.15, -0.1) is 0 Å². The lowest BCUT2D eigenvalue weighted by atomic mass is 9.96. The first kappa shape index (κ1) is 17.5. The lowest BCUT2D eigenvalue weighted by molar-refractivity contribution is -0.141. The van der Waals surface area contributed by atoms with E-state index in [4.69, 9.17) is 9.47 Å². The van der Waals surface area contributed by atoms with Gasteiger partial charge < -0.3 is 20.1 Å². The van der Waals surface area contributed by atoms with Gasteiger partial charge in [-0.1, -0.05) is 28.1 Å². The van der Waals surface area contributed by atoms with E-state index < -0.39 is 12.0 Å². The van der Waals surface area contributed by atoms with E-state index in [1.807, 2.05) is 31.2 Å². The summed E-state index contributed by atoms with van der Waals surface area (Å²) in [5.74, 6) is -0.470. The Bertz CT molecular complexity index is 613. The third-order valence-corrected chi connectivity index (χ3v) is 3.89. The second-order valence-electron chi connectivity index (χ2n) is 4.95. The minimum Gasteiger partial charge on any atom is -0.460 e. The molecule has 0 radical (unpaired) electrons. The molecule has 0 saturated carbocycles. The Labute approximate surface area is 143 Å². The molecule has 23 heavy (non-hydrogen) atoms. The summed E-state index contributed by atoms with van der Waals surface area (Å²) in [5, 5.41) is 5.37. The highest BCUT2D eigenvalue weighted by Gasteiger charge is 2.32. The summed E-state index contributed by atoms with van der Waals surface area (Å²) >= 11 is 3.37. The van der Waals surface area contributed by atoms with Gasteiger partial charge in [-0.3, -0.25) is 0 Å². The van der Waals surface area contributed by atoms with E-state index in [1.165, 1.54) is 0 Å². The SMILES string of the molecule is CCOCCOC(=O)C1=C(C)NC(=O)N[C@H]1c1ccc(Br)cc1. The predicted molar refractivity (Wildman–Crippen MR) is 88.7 cm³/mol. The highest BCUT2D eigenvalue weighted by atomic mass is 79.9. The van der Waals surface area contributed by atoms with Gasteiger partial charge in [0.1, 0.15) is 6.61 Å². The van der Waals surface area contributed by atoms with Gasteiger partial charge in [-0.25, -0.2) is 9.59 Å². The van der Waals surface area contributed by atoms with E-state index >= 15 is 0 Å². The number of halogens is 1. The molecule has 0 aliphatic carbocycles. The molecule has 0 unspecified atom stereocenters. The summed E-state index contributed by atoms with van der Waals surface area (Å²) in [6.45, 7) is 4.64. The number of carbonyl (C=O) groups excluding carboxylic acids is 2. The highest BCUT2D eigenvalue weighted by molar-refractivity contribution is 9.10. The summed E-state index contributed by atoms with van der Waals surface area (Å²) in [6, 6.07) is 6.52. The van der Waals surface area contributed by atoms with Crippen molar-refractivity contribution in [3.05, 3.63) is 45.6 Å². The molecule has 1 heterocycles. The van der Waals surface area contributed by atoms with Crippen LogP contribution in [0.25, 0.3) is 0 Å². The molecule has 2 rings (SSSR count). The number of urea groups is 1. The van der Waals surface area contributed by atoms with E-state index in [0.717, 1.165) is 10.0 Å². The molecule has 1 aliphatic rings. The molecule has 0 bridgehead atoms. The van der Waals surface area contributed by atoms with Crippen molar-refractivity contribution in [1.82, 2.24) is 10.6 Å². The van der Waals surface area contributed by atoms with Gasteiger partial charge in [-0.2, -0.15) is 0 Å². The summed E-state index contributed by atoms with van der Waals surface area (Å²) < 4.78 is 11.3. The molecular formula is C16H19BrN2O4. The number of amides is 2. The van der Waals surface area contributed by atoms with Crippen molar-refractivity contribution in [2.24, 2.45) is 0 Å². The fourth-order valence-corrected chi connectivity index (χ4v) is 2.55.